The first-order chi connectivity index (χ1) is 14.9. The molecule has 0 amide bonds. The molecule has 0 fully saturated rings. The van der Waals surface area contributed by atoms with Crippen LogP contribution in [-0.4, -0.2) is 37.6 Å². The predicted molar refractivity (Wildman–Crippen MR) is 128 cm³/mol. The Hall–Kier alpha value is -1.56. The fraction of sp³-hybridized carbons (Fsp3) is 0.720. The molecule has 0 aliphatic carbocycles. The molecule has 0 aromatic heterocycles. The third-order valence-electron chi connectivity index (χ3n) is 5.66. The Kier molecular flexibility index (Phi) is 15.1. The van der Waals surface area contributed by atoms with Gasteiger partial charge in [0.05, 0.1) is 17.9 Å². The van der Waals surface area contributed by atoms with Crippen LogP contribution in [0.15, 0.2) is 24.3 Å². The van der Waals surface area contributed by atoms with E-state index in [4.69, 9.17) is 9.84 Å². The van der Waals surface area contributed by atoms with Crippen LogP contribution in [0.3, 0.4) is 0 Å². The van der Waals surface area contributed by atoms with E-state index in [9.17, 15) is 13.2 Å². The van der Waals surface area contributed by atoms with Gasteiger partial charge in [-0.05, 0) is 37.1 Å². The number of carboxylic acids is 1. The standard InChI is InChI=1S/C25H42O5S/c1-2-31(28,29)22-16-14-12-10-8-6-4-3-5-7-9-11-13-15-21-30-24-19-17-23(18-20-24)25(26)27/h17-20H,2-16,21-22H2,1H3,(H,26,27). The van der Waals surface area contributed by atoms with Crippen molar-refractivity contribution in [2.24, 2.45) is 0 Å². The van der Waals surface area contributed by atoms with E-state index in [2.05, 4.69) is 0 Å². The monoisotopic (exact) mass is 454 g/mol. The van der Waals surface area contributed by atoms with Gasteiger partial charge >= 0.3 is 5.97 Å². The van der Waals surface area contributed by atoms with Gasteiger partial charge in [0.15, 0.2) is 0 Å². The van der Waals surface area contributed by atoms with Crippen LogP contribution in [0.25, 0.3) is 0 Å². The molecule has 0 aliphatic rings. The number of benzene rings is 1. The molecule has 0 saturated carbocycles. The fourth-order valence-corrected chi connectivity index (χ4v) is 4.51. The van der Waals surface area contributed by atoms with E-state index in [1.54, 1.807) is 31.2 Å². The summed E-state index contributed by atoms with van der Waals surface area (Å²) in [6, 6.07) is 6.56. The zero-order valence-electron chi connectivity index (χ0n) is 19.3. The van der Waals surface area contributed by atoms with E-state index in [0.29, 0.717) is 12.4 Å². The summed E-state index contributed by atoms with van der Waals surface area (Å²) >= 11 is 0. The number of carbonyl (C=O) groups is 1. The van der Waals surface area contributed by atoms with Crippen molar-refractivity contribution < 1.29 is 23.1 Å². The molecule has 1 aromatic rings. The molecule has 6 heteroatoms. The highest BCUT2D eigenvalue weighted by atomic mass is 32.2. The maximum atomic E-state index is 11.4. The van der Waals surface area contributed by atoms with Gasteiger partial charge in [0.2, 0.25) is 0 Å². The highest BCUT2D eigenvalue weighted by Crippen LogP contribution is 2.15. The molecule has 1 rings (SSSR count). The lowest BCUT2D eigenvalue weighted by Crippen LogP contribution is -2.08. The summed E-state index contributed by atoms with van der Waals surface area (Å²) in [4.78, 5) is 10.8. The Labute approximate surface area is 189 Å². The van der Waals surface area contributed by atoms with Gasteiger partial charge in [-0.25, -0.2) is 13.2 Å². The van der Waals surface area contributed by atoms with Gasteiger partial charge in [-0.2, -0.15) is 0 Å². The summed E-state index contributed by atoms with van der Waals surface area (Å²) in [6.07, 6.45) is 16.9. The molecule has 1 aromatic carbocycles. The SMILES string of the molecule is CCS(=O)(=O)CCCCCCCCCCCCCCCCOc1ccc(C(=O)O)cc1. The van der Waals surface area contributed by atoms with Crippen molar-refractivity contribution in [3.63, 3.8) is 0 Å². The smallest absolute Gasteiger partial charge is 0.335 e. The normalized spacial score (nSPS) is 11.5. The van der Waals surface area contributed by atoms with Crippen molar-refractivity contribution in [1.29, 1.82) is 0 Å². The summed E-state index contributed by atoms with van der Waals surface area (Å²) < 4.78 is 28.5. The van der Waals surface area contributed by atoms with Crippen molar-refractivity contribution in [1.82, 2.24) is 0 Å². The molecular formula is C25H42O5S. The maximum absolute atomic E-state index is 11.4. The van der Waals surface area contributed by atoms with Crippen LogP contribution in [0, 0.1) is 0 Å². The maximum Gasteiger partial charge on any atom is 0.335 e. The first-order valence-corrected chi connectivity index (χ1v) is 13.9. The number of hydrogen-bond acceptors (Lipinski definition) is 4. The second-order valence-corrected chi connectivity index (χ2v) is 10.8. The van der Waals surface area contributed by atoms with E-state index < -0.39 is 15.8 Å². The molecule has 0 heterocycles. The second kappa shape index (κ2) is 17.0. The molecule has 0 spiro atoms. The molecule has 5 nitrogen and oxygen atoms in total. The minimum atomic E-state index is -2.78. The quantitative estimate of drug-likeness (QED) is 0.223. The van der Waals surface area contributed by atoms with Crippen LogP contribution in [0.5, 0.6) is 5.75 Å². The van der Waals surface area contributed by atoms with Crippen LogP contribution in [0.1, 0.15) is 107 Å². The Balaban J connectivity index is 1.80. The summed E-state index contributed by atoms with van der Waals surface area (Å²) in [5, 5.41) is 8.87. The number of ether oxygens (including phenoxy) is 1. The molecule has 0 radical (unpaired) electrons. The highest BCUT2D eigenvalue weighted by molar-refractivity contribution is 7.91. The first-order valence-electron chi connectivity index (χ1n) is 12.1. The van der Waals surface area contributed by atoms with Crippen molar-refractivity contribution >= 4 is 15.8 Å². The highest BCUT2D eigenvalue weighted by Gasteiger charge is 2.06. The van der Waals surface area contributed by atoms with Gasteiger partial charge in [-0.15, -0.1) is 0 Å². The Morgan fingerprint density at radius 1 is 0.742 bits per heavy atom. The van der Waals surface area contributed by atoms with Crippen LogP contribution >= 0.6 is 0 Å². The molecule has 0 saturated heterocycles. The molecule has 178 valence electrons. The minimum absolute atomic E-state index is 0.272. The third kappa shape index (κ3) is 15.0. The lowest BCUT2D eigenvalue weighted by molar-refractivity contribution is 0.0697. The lowest BCUT2D eigenvalue weighted by Gasteiger charge is -2.06. The second-order valence-electron chi connectivity index (χ2n) is 8.36. The van der Waals surface area contributed by atoms with Gasteiger partial charge in [-0.3, -0.25) is 0 Å². The molecule has 0 aliphatic heterocycles. The number of carboxylic acid groups (broad SMARTS) is 1. The van der Waals surface area contributed by atoms with Gasteiger partial charge < -0.3 is 9.84 Å². The van der Waals surface area contributed by atoms with Gasteiger partial charge in [-0.1, -0.05) is 84.0 Å². The molecule has 0 atom stereocenters. The van der Waals surface area contributed by atoms with Gasteiger partial charge in [0.1, 0.15) is 15.6 Å². The Morgan fingerprint density at radius 2 is 1.16 bits per heavy atom. The minimum Gasteiger partial charge on any atom is -0.494 e. The average Bonchev–Trinajstić information content (AvgIpc) is 2.76. The molecule has 0 unspecified atom stereocenters. The number of unbranched alkanes of at least 4 members (excludes halogenated alkanes) is 13. The lowest BCUT2D eigenvalue weighted by atomic mass is 10.0. The zero-order valence-corrected chi connectivity index (χ0v) is 20.1. The summed E-state index contributed by atoms with van der Waals surface area (Å²) in [5.74, 6) is 0.447. The number of hydrogen-bond donors (Lipinski definition) is 1. The molecule has 31 heavy (non-hydrogen) atoms. The topological polar surface area (TPSA) is 80.7 Å². The molecule has 0 bridgehead atoms. The van der Waals surface area contributed by atoms with Gasteiger partial charge in [0, 0.05) is 5.75 Å². The molecule has 1 N–H and O–H groups in total. The molecular weight excluding hydrogens is 412 g/mol. The number of aromatic carboxylic acids is 1. The van der Waals surface area contributed by atoms with Crippen molar-refractivity contribution in [3.05, 3.63) is 29.8 Å². The van der Waals surface area contributed by atoms with Gasteiger partial charge in [0.25, 0.3) is 0 Å². The van der Waals surface area contributed by atoms with Crippen molar-refractivity contribution in [2.45, 2.75) is 96.8 Å². The predicted octanol–water partition coefficient (Wildman–Crippen LogP) is 6.66. The summed E-state index contributed by atoms with van der Waals surface area (Å²) in [5.41, 5.74) is 0.282. The van der Waals surface area contributed by atoms with Crippen LogP contribution < -0.4 is 4.74 Å². The third-order valence-corrected chi connectivity index (χ3v) is 7.45. The Morgan fingerprint density at radius 3 is 1.58 bits per heavy atom. The number of rotatable bonds is 20. The van der Waals surface area contributed by atoms with Crippen molar-refractivity contribution in [3.8, 4) is 5.75 Å². The summed E-state index contributed by atoms with van der Waals surface area (Å²) in [6.45, 7) is 2.40. The van der Waals surface area contributed by atoms with Crippen LogP contribution in [-0.2, 0) is 9.84 Å². The van der Waals surface area contributed by atoms with Crippen LogP contribution in [0.4, 0.5) is 0 Å². The fourth-order valence-electron chi connectivity index (χ4n) is 3.57. The van der Waals surface area contributed by atoms with Crippen molar-refractivity contribution in [2.75, 3.05) is 18.1 Å². The van der Waals surface area contributed by atoms with Crippen LogP contribution in [0.2, 0.25) is 0 Å². The van der Waals surface area contributed by atoms with E-state index in [-0.39, 0.29) is 11.3 Å². The van der Waals surface area contributed by atoms with E-state index in [1.165, 1.54) is 64.2 Å². The number of sulfone groups is 1. The largest absolute Gasteiger partial charge is 0.494 e. The Bertz CT molecular complexity index is 682. The average molecular weight is 455 g/mol. The first kappa shape index (κ1) is 27.5. The van der Waals surface area contributed by atoms with E-state index in [1.807, 2.05) is 0 Å². The zero-order chi connectivity index (χ0) is 22.8. The van der Waals surface area contributed by atoms with E-state index in [0.717, 1.165) is 31.4 Å². The summed E-state index contributed by atoms with van der Waals surface area (Å²) in [7, 11) is -2.78. The van der Waals surface area contributed by atoms with E-state index >= 15 is 0 Å².